The number of likely N-dealkylation sites (tertiary alicyclic amines) is 1. The second-order valence-electron chi connectivity index (χ2n) is 10.1. The average Bonchev–Trinajstić information content (AvgIpc) is 3.44. The lowest BCUT2D eigenvalue weighted by atomic mass is 9.80. The van der Waals surface area contributed by atoms with Crippen LogP contribution in [0.4, 0.5) is 4.39 Å². The summed E-state index contributed by atoms with van der Waals surface area (Å²) in [5.41, 5.74) is -0.571. The fourth-order valence-electron chi connectivity index (χ4n) is 4.98. The zero-order chi connectivity index (χ0) is 30.9. The molecule has 2 heterocycles. The van der Waals surface area contributed by atoms with E-state index in [2.05, 4.69) is 27.4 Å². The summed E-state index contributed by atoms with van der Waals surface area (Å²) in [7, 11) is 0. The summed E-state index contributed by atoms with van der Waals surface area (Å²) in [5, 5.41) is 41.2. The molecule has 1 fully saturated rings. The zero-order valence-corrected chi connectivity index (χ0v) is 22.9. The van der Waals surface area contributed by atoms with Crippen molar-refractivity contribution in [3.05, 3.63) is 83.9 Å². The molecule has 224 valence electrons. The van der Waals surface area contributed by atoms with Gasteiger partial charge in [0.05, 0.1) is 24.1 Å². The Hall–Kier alpha value is -4.62. The monoisotopic (exact) mass is 584 g/mol. The number of benzene rings is 2. The molecule has 1 saturated heterocycles. The minimum Gasteiger partial charge on any atom is -0.481 e. The molecule has 13 heteroatoms. The highest BCUT2D eigenvalue weighted by atomic mass is 19.1. The second-order valence-corrected chi connectivity index (χ2v) is 10.1. The van der Waals surface area contributed by atoms with E-state index in [0.29, 0.717) is 18.4 Å². The number of carbonyl (C=O) groups is 4. The number of carboxylic acid groups (broad SMARTS) is 3. The fourth-order valence-corrected chi connectivity index (χ4v) is 4.98. The maximum Gasteiger partial charge on any atom is 0.336 e. The van der Waals surface area contributed by atoms with E-state index in [9.17, 15) is 23.6 Å². The van der Waals surface area contributed by atoms with Gasteiger partial charge in [-0.2, -0.15) is 5.10 Å². The van der Waals surface area contributed by atoms with Crippen molar-refractivity contribution >= 4 is 23.8 Å². The van der Waals surface area contributed by atoms with Gasteiger partial charge >= 0.3 is 17.9 Å². The van der Waals surface area contributed by atoms with Crippen molar-refractivity contribution in [1.82, 2.24) is 20.0 Å². The Morgan fingerprint density at radius 1 is 0.952 bits per heavy atom. The first-order valence-electron chi connectivity index (χ1n) is 13.1. The number of aliphatic carboxylic acids is 3. The Balaban J connectivity index is 0.000000316. The maximum atomic E-state index is 14.5. The van der Waals surface area contributed by atoms with E-state index < -0.39 is 41.9 Å². The highest BCUT2D eigenvalue weighted by Crippen LogP contribution is 2.35. The summed E-state index contributed by atoms with van der Waals surface area (Å²) >= 11 is 0. The number of halogens is 1. The number of aromatic nitrogens is 2. The quantitative estimate of drug-likeness (QED) is 0.237. The standard InChI is InChI=1S/C23H25FN4O.C6H8O7/c1-18(29)26-23(20-8-3-4-9-21(20)24)11-15-27(16-12-23)17-19-7-2-5-10-22(19)28-14-6-13-25-28;7-3(8)1-6(13,5(11)12)2-4(9)10/h2-10,13-14H,11-12,15-17H2,1H3,(H,26,29);13H,1-2H2,(H,7,8)(H,9,10)(H,11,12). The number of para-hydroxylation sites is 1. The molecule has 0 spiro atoms. The van der Waals surface area contributed by atoms with Crippen LogP contribution in [-0.4, -0.2) is 77.6 Å². The molecule has 42 heavy (non-hydrogen) atoms. The highest BCUT2D eigenvalue weighted by Gasteiger charge is 2.41. The van der Waals surface area contributed by atoms with Crippen molar-refractivity contribution in [2.24, 2.45) is 0 Å². The molecule has 1 aromatic heterocycles. The summed E-state index contributed by atoms with van der Waals surface area (Å²) in [5.74, 6) is -5.42. The first-order valence-corrected chi connectivity index (χ1v) is 13.1. The minimum absolute atomic E-state index is 0.134. The number of hydrogen-bond donors (Lipinski definition) is 5. The van der Waals surface area contributed by atoms with E-state index >= 15 is 0 Å². The van der Waals surface area contributed by atoms with Gasteiger partial charge in [-0.1, -0.05) is 36.4 Å². The third-order valence-corrected chi connectivity index (χ3v) is 6.94. The molecule has 0 radical (unpaired) electrons. The van der Waals surface area contributed by atoms with Crippen LogP contribution in [0.3, 0.4) is 0 Å². The van der Waals surface area contributed by atoms with Crippen molar-refractivity contribution in [2.75, 3.05) is 13.1 Å². The Kier molecular flexibility index (Phi) is 10.5. The van der Waals surface area contributed by atoms with Crippen LogP contribution in [0.1, 0.15) is 43.7 Å². The number of nitrogens with one attached hydrogen (secondary N) is 1. The van der Waals surface area contributed by atoms with Crippen molar-refractivity contribution in [3.63, 3.8) is 0 Å². The molecule has 0 atom stereocenters. The topological polar surface area (TPSA) is 182 Å². The van der Waals surface area contributed by atoms with Crippen LogP contribution in [-0.2, 0) is 31.3 Å². The van der Waals surface area contributed by atoms with Gasteiger partial charge in [-0.15, -0.1) is 0 Å². The van der Waals surface area contributed by atoms with Gasteiger partial charge in [0.25, 0.3) is 0 Å². The Morgan fingerprint density at radius 3 is 2.07 bits per heavy atom. The number of piperidine rings is 1. The van der Waals surface area contributed by atoms with Crippen LogP contribution in [0.15, 0.2) is 67.0 Å². The number of carbonyl (C=O) groups excluding carboxylic acids is 1. The van der Waals surface area contributed by atoms with Crippen molar-refractivity contribution in [1.29, 1.82) is 0 Å². The Bertz CT molecular complexity index is 1390. The molecule has 1 aliphatic rings. The predicted octanol–water partition coefficient (Wildman–Crippen LogP) is 2.39. The highest BCUT2D eigenvalue weighted by molar-refractivity contribution is 5.88. The third kappa shape index (κ3) is 8.21. The molecule has 0 unspecified atom stereocenters. The molecule has 2 aromatic carbocycles. The number of rotatable bonds is 10. The average molecular weight is 585 g/mol. The summed E-state index contributed by atoms with van der Waals surface area (Å²) in [6, 6.07) is 16.9. The van der Waals surface area contributed by atoms with E-state index in [1.807, 2.05) is 35.1 Å². The number of carboxylic acids is 3. The van der Waals surface area contributed by atoms with E-state index in [0.717, 1.165) is 25.3 Å². The normalized spacial score (nSPS) is 14.7. The van der Waals surface area contributed by atoms with Gasteiger partial charge in [0, 0.05) is 44.5 Å². The van der Waals surface area contributed by atoms with Crippen LogP contribution in [0.2, 0.25) is 0 Å². The predicted molar refractivity (Wildman–Crippen MR) is 147 cm³/mol. The van der Waals surface area contributed by atoms with E-state index in [4.69, 9.17) is 20.4 Å². The number of nitrogens with zero attached hydrogens (tertiary/aromatic N) is 3. The first kappa shape index (κ1) is 31.9. The summed E-state index contributed by atoms with van der Waals surface area (Å²) < 4.78 is 16.4. The van der Waals surface area contributed by atoms with Crippen LogP contribution in [0.5, 0.6) is 0 Å². The van der Waals surface area contributed by atoms with Gasteiger partial charge in [0.2, 0.25) is 5.91 Å². The van der Waals surface area contributed by atoms with Crippen molar-refractivity contribution < 1.29 is 44.0 Å². The largest absolute Gasteiger partial charge is 0.481 e. The van der Waals surface area contributed by atoms with Crippen LogP contribution in [0.25, 0.3) is 5.69 Å². The van der Waals surface area contributed by atoms with E-state index in [1.165, 1.54) is 18.6 Å². The van der Waals surface area contributed by atoms with Gasteiger partial charge in [-0.3, -0.25) is 19.3 Å². The maximum absolute atomic E-state index is 14.5. The molecular weight excluding hydrogens is 551 g/mol. The van der Waals surface area contributed by atoms with Gasteiger partial charge in [-0.25, -0.2) is 13.9 Å². The molecular formula is C29H33FN4O8. The molecule has 4 rings (SSSR count). The molecule has 12 nitrogen and oxygen atoms in total. The van der Waals surface area contributed by atoms with E-state index in [-0.39, 0.29) is 11.7 Å². The lowest BCUT2D eigenvalue weighted by molar-refractivity contribution is -0.170. The smallest absolute Gasteiger partial charge is 0.336 e. The van der Waals surface area contributed by atoms with Crippen LogP contribution in [0, 0.1) is 5.82 Å². The first-order chi connectivity index (χ1) is 19.8. The zero-order valence-electron chi connectivity index (χ0n) is 22.9. The molecule has 3 aromatic rings. The minimum atomic E-state index is -2.74. The van der Waals surface area contributed by atoms with Crippen molar-refractivity contribution in [3.8, 4) is 5.69 Å². The van der Waals surface area contributed by atoms with Crippen molar-refractivity contribution in [2.45, 2.75) is 50.3 Å². The molecule has 1 aliphatic heterocycles. The Labute approximate surface area is 241 Å². The molecule has 0 saturated carbocycles. The van der Waals surface area contributed by atoms with Gasteiger partial charge in [0.15, 0.2) is 5.60 Å². The summed E-state index contributed by atoms with van der Waals surface area (Å²) in [6.07, 6.45) is 2.75. The molecule has 0 bridgehead atoms. The third-order valence-electron chi connectivity index (χ3n) is 6.94. The summed E-state index contributed by atoms with van der Waals surface area (Å²) in [4.78, 5) is 44.7. The van der Waals surface area contributed by atoms with Gasteiger partial charge in [0.1, 0.15) is 5.82 Å². The number of amides is 1. The molecule has 1 amide bonds. The SMILES string of the molecule is CC(=O)NC1(c2ccccc2F)CCN(Cc2ccccc2-n2cccn2)CC1.O=C(O)CC(O)(CC(=O)O)C(=O)O. The lowest BCUT2D eigenvalue weighted by Gasteiger charge is -2.43. The Morgan fingerprint density at radius 2 is 1.55 bits per heavy atom. The van der Waals surface area contributed by atoms with Gasteiger partial charge < -0.3 is 25.7 Å². The second kappa shape index (κ2) is 13.8. The lowest BCUT2D eigenvalue weighted by Crippen LogP contribution is -2.52. The summed E-state index contributed by atoms with van der Waals surface area (Å²) in [6.45, 7) is 3.81. The van der Waals surface area contributed by atoms with Crippen LogP contribution < -0.4 is 5.32 Å². The number of hydrogen-bond acceptors (Lipinski definition) is 7. The molecule has 0 aliphatic carbocycles. The molecule has 5 N–H and O–H groups in total. The fraction of sp³-hybridized carbons (Fsp3) is 0.345. The number of aliphatic hydroxyl groups is 1. The van der Waals surface area contributed by atoms with Gasteiger partial charge in [-0.05, 0) is 36.6 Å². The van der Waals surface area contributed by atoms with Crippen LogP contribution >= 0.6 is 0 Å². The van der Waals surface area contributed by atoms with E-state index in [1.54, 1.807) is 18.3 Å².